The Bertz CT molecular complexity index is 564. The Hall–Kier alpha value is -1.84. The largest absolute Gasteiger partial charge is 0.290 e. The van der Waals surface area contributed by atoms with Crippen molar-refractivity contribution in [1.29, 1.82) is 0 Å². The summed E-state index contributed by atoms with van der Waals surface area (Å²) in [4.78, 5) is 4.30. The van der Waals surface area contributed by atoms with Crippen LogP contribution in [-0.2, 0) is 0 Å². The summed E-state index contributed by atoms with van der Waals surface area (Å²) in [5.41, 5.74) is 4.65. The summed E-state index contributed by atoms with van der Waals surface area (Å²) in [5.74, 6) is 0.364. The summed E-state index contributed by atoms with van der Waals surface area (Å²) in [6, 6.07) is 14.9. The Morgan fingerprint density at radius 3 is 2.39 bits per heavy atom. The number of para-hydroxylation sites is 1. The maximum absolute atomic E-state index is 9.18. The first-order valence-corrected chi connectivity index (χ1v) is 5.89. The van der Waals surface area contributed by atoms with Gasteiger partial charge in [-0.25, -0.2) is 4.99 Å². The van der Waals surface area contributed by atoms with Crippen LogP contribution in [0.3, 0.4) is 0 Å². The van der Waals surface area contributed by atoms with E-state index in [4.69, 9.17) is 11.6 Å². The zero-order valence-corrected chi connectivity index (χ0v) is 10.6. The van der Waals surface area contributed by atoms with Crippen LogP contribution in [0.4, 0.5) is 5.69 Å². The van der Waals surface area contributed by atoms with E-state index in [1.54, 1.807) is 12.1 Å². The van der Waals surface area contributed by atoms with Crippen LogP contribution < -0.4 is 5.48 Å². The van der Waals surface area contributed by atoms with Crippen LogP contribution in [-0.4, -0.2) is 11.0 Å². The normalized spacial score (nSPS) is 11.4. The van der Waals surface area contributed by atoms with Crippen molar-refractivity contribution in [3.05, 3.63) is 64.7 Å². The van der Waals surface area contributed by atoms with Crippen molar-refractivity contribution in [2.24, 2.45) is 4.99 Å². The van der Waals surface area contributed by atoms with Crippen molar-refractivity contribution in [2.75, 3.05) is 0 Å². The fourth-order valence-electron chi connectivity index (χ4n) is 1.53. The third-order valence-corrected chi connectivity index (χ3v) is 2.84. The molecule has 0 aliphatic rings. The van der Waals surface area contributed by atoms with E-state index in [9.17, 15) is 5.21 Å². The second kappa shape index (κ2) is 5.67. The highest BCUT2D eigenvalue weighted by molar-refractivity contribution is 6.33. The number of rotatable bonds is 2. The van der Waals surface area contributed by atoms with Gasteiger partial charge in [0.2, 0.25) is 0 Å². The third kappa shape index (κ3) is 2.88. The van der Waals surface area contributed by atoms with Gasteiger partial charge in [-0.1, -0.05) is 53.6 Å². The summed E-state index contributed by atoms with van der Waals surface area (Å²) >= 11 is 6.02. The molecule has 0 aromatic heterocycles. The molecule has 92 valence electrons. The fourth-order valence-corrected chi connectivity index (χ4v) is 1.71. The van der Waals surface area contributed by atoms with Crippen LogP contribution in [0.25, 0.3) is 0 Å². The second-order valence-corrected chi connectivity index (χ2v) is 4.30. The molecule has 0 bridgehead atoms. The molecular weight excluding hydrogens is 248 g/mol. The second-order valence-electron chi connectivity index (χ2n) is 3.89. The standard InChI is InChI=1S/C14H13ClN2O/c1-10-6-8-11(9-7-10)14(17-18)16-13-5-3-2-4-12(13)15/h2-9,18H,1H3,(H,16,17). The molecule has 0 saturated carbocycles. The van der Waals surface area contributed by atoms with Gasteiger partial charge < -0.3 is 0 Å². The fraction of sp³-hybridized carbons (Fsp3) is 0.0714. The molecule has 0 aliphatic heterocycles. The van der Waals surface area contributed by atoms with E-state index in [0.717, 1.165) is 11.1 Å². The van der Waals surface area contributed by atoms with Crippen LogP contribution in [0.5, 0.6) is 0 Å². The molecule has 0 unspecified atom stereocenters. The van der Waals surface area contributed by atoms with Gasteiger partial charge in [0.15, 0.2) is 5.84 Å². The number of nitrogens with zero attached hydrogens (tertiary/aromatic N) is 1. The monoisotopic (exact) mass is 260 g/mol. The predicted molar refractivity (Wildman–Crippen MR) is 73.8 cm³/mol. The smallest absolute Gasteiger partial charge is 0.157 e. The van der Waals surface area contributed by atoms with E-state index in [2.05, 4.69) is 10.5 Å². The summed E-state index contributed by atoms with van der Waals surface area (Å²) < 4.78 is 0. The van der Waals surface area contributed by atoms with Gasteiger partial charge in [0, 0.05) is 5.56 Å². The number of hydrogen-bond acceptors (Lipinski definition) is 2. The highest BCUT2D eigenvalue weighted by Gasteiger charge is 2.04. The van der Waals surface area contributed by atoms with E-state index in [0.29, 0.717) is 16.5 Å². The molecule has 0 heterocycles. The van der Waals surface area contributed by atoms with Gasteiger partial charge in [-0.3, -0.25) is 10.7 Å². The first kappa shape index (κ1) is 12.6. The Morgan fingerprint density at radius 2 is 1.78 bits per heavy atom. The maximum atomic E-state index is 9.18. The molecule has 2 aromatic carbocycles. The van der Waals surface area contributed by atoms with E-state index in [1.807, 2.05) is 43.3 Å². The van der Waals surface area contributed by atoms with Crippen LogP contribution in [0.1, 0.15) is 11.1 Å². The Balaban J connectivity index is 2.40. The summed E-state index contributed by atoms with van der Waals surface area (Å²) in [6.07, 6.45) is 0. The quantitative estimate of drug-likeness (QED) is 0.491. The minimum absolute atomic E-state index is 0.364. The summed E-state index contributed by atoms with van der Waals surface area (Å²) in [6.45, 7) is 2.00. The van der Waals surface area contributed by atoms with Gasteiger partial charge in [-0.15, -0.1) is 0 Å². The summed E-state index contributed by atoms with van der Waals surface area (Å²) in [5, 5.41) is 9.72. The molecule has 0 radical (unpaired) electrons. The Kier molecular flexibility index (Phi) is 3.97. The minimum Gasteiger partial charge on any atom is -0.290 e. The number of aliphatic imine (C=N–C) groups is 1. The zero-order valence-electron chi connectivity index (χ0n) is 9.89. The zero-order chi connectivity index (χ0) is 13.0. The number of hydroxylamine groups is 1. The van der Waals surface area contributed by atoms with Crippen molar-refractivity contribution >= 4 is 23.1 Å². The van der Waals surface area contributed by atoms with Crippen LogP contribution in [0.15, 0.2) is 53.5 Å². The lowest BCUT2D eigenvalue weighted by Gasteiger charge is -2.06. The van der Waals surface area contributed by atoms with Gasteiger partial charge in [0.05, 0.1) is 10.7 Å². The molecule has 2 rings (SSSR count). The molecule has 0 atom stereocenters. The van der Waals surface area contributed by atoms with Gasteiger partial charge in [0.25, 0.3) is 0 Å². The average Bonchev–Trinajstić information content (AvgIpc) is 2.39. The van der Waals surface area contributed by atoms with Gasteiger partial charge >= 0.3 is 0 Å². The number of hydrogen-bond donors (Lipinski definition) is 2. The van der Waals surface area contributed by atoms with E-state index >= 15 is 0 Å². The number of nitrogens with one attached hydrogen (secondary N) is 1. The number of halogens is 1. The lowest BCUT2D eigenvalue weighted by Crippen LogP contribution is -2.19. The van der Waals surface area contributed by atoms with Crippen molar-refractivity contribution < 1.29 is 5.21 Å². The highest BCUT2D eigenvalue weighted by atomic mass is 35.5. The third-order valence-electron chi connectivity index (χ3n) is 2.52. The van der Waals surface area contributed by atoms with Crippen molar-refractivity contribution in [3.8, 4) is 0 Å². The van der Waals surface area contributed by atoms with Crippen molar-refractivity contribution in [3.63, 3.8) is 0 Å². The van der Waals surface area contributed by atoms with E-state index in [1.165, 1.54) is 0 Å². The first-order chi connectivity index (χ1) is 8.70. The lowest BCUT2D eigenvalue weighted by atomic mass is 10.1. The van der Waals surface area contributed by atoms with Gasteiger partial charge in [0.1, 0.15) is 0 Å². The first-order valence-electron chi connectivity index (χ1n) is 5.51. The molecule has 2 aromatic rings. The molecule has 0 spiro atoms. The molecule has 4 heteroatoms. The topological polar surface area (TPSA) is 44.6 Å². The van der Waals surface area contributed by atoms with Crippen molar-refractivity contribution in [2.45, 2.75) is 6.92 Å². The van der Waals surface area contributed by atoms with Gasteiger partial charge in [-0.2, -0.15) is 0 Å². The predicted octanol–water partition coefficient (Wildman–Crippen LogP) is 3.71. The number of aryl methyl sites for hydroxylation is 1. The molecular formula is C14H13ClN2O. The van der Waals surface area contributed by atoms with Crippen LogP contribution in [0, 0.1) is 6.92 Å². The van der Waals surface area contributed by atoms with Crippen LogP contribution in [0.2, 0.25) is 5.02 Å². The molecule has 2 N–H and O–H groups in total. The minimum atomic E-state index is 0.364. The lowest BCUT2D eigenvalue weighted by molar-refractivity contribution is 0.235. The molecule has 0 amide bonds. The van der Waals surface area contributed by atoms with E-state index < -0.39 is 0 Å². The van der Waals surface area contributed by atoms with Crippen LogP contribution >= 0.6 is 11.6 Å². The summed E-state index contributed by atoms with van der Waals surface area (Å²) in [7, 11) is 0. The molecule has 0 fully saturated rings. The van der Waals surface area contributed by atoms with Crippen molar-refractivity contribution in [1.82, 2.24) is 5.48 Å². The average molecular weight is 261 g/mol. The SMILES string of the molecule is Cc1ccc(C(=Nc2ccccc2Cl)NO)cc1. The molecule has 3 nitrogen and oxygen atoms in total. The highest BCUT2D eigenvalue weighted by Crippen LogP contribution is 2.24. The maximum Gasteiger partial charge on any atom is 0.157 e. The molecule has 18 heavy (non-hydrogen) atoms. The number of benzene rings is 2. The Labute approximate surface area is 111 Å². The molecule has 0 saturated heterocycles. The molecule has 0 aliphatic carbocycles. The van der Waals surface area contributed by atoms with E-state index in [-0.39, 0.29) is 0 Å². The van der Waals surface area contributed by atoms with Gasteiger partial charge in [-0.05, 0) is 19.1 Å². The number of amidine groups is 1. The Morgan fingerprint density at radius 1 is 1.11 bits per heavy atom.